The van der Waals surface area contributed by atoms with Crippen molar-refractivity contribution >= 4 is 17.4 Å². The first kappa shape index (κ1) is 13.4. The van der Waals surface area contributed by atoms with E-state index < -0.39 is 0 Å². The van der Waals surface area contributed by atoms with Gasteiger partial charge in [0.2, 0.25) is 0 Å². The van der Waals surface area contributed by atoms with Crippen LogP contribution in [-0.2, 0) is 0 Å². The molecular weight excluding hydrogens is 256 g/mol. The number of aryl methyl sites for hydroxylation is 2. The maximum atomic E-state index is 8.96. The van der Waals surface area contributed by atoms with Gasteiger partial charge in [-0.05, 0) is 50.2 Å². The number of nitriles is 1. The summed E-state index contributed by atoms with van der Waals surface area (Å²) in [4.78, 5) is 9.68. The Morgan fingerprint density at radius 1 is 1.16 bits per heavy atom. The number of hydrogen-bond acceptors (Lipinski definition) is 5. The molecule has 0 bridgehead atoms. The van der Waals surface area contributed by atoms with Crippen molar-refractivity contribution in [1.29, 1.82) is 5.26 Å². The molecular formula is C14H14N4S. The molecule has 0 atom stereocenters. The number of aromatic nitrogens is 2. The minimum atomic E-state index is 0.477. The predicted molar refractivity (Wildman–Crippen MR) is 75.9 cm³/mol. The van der Waals surface area contributed by atoms with Gasteiger partial charge in [0.05, 0.1) is 11.3 Å². The molecule has 0 radical (unpaired) electrons. The van der Waals surface area contributed by atoms with Crippen LogP contribution in [0.2, 0.25) is 0 Å². The molecule has 0 aliphatic rings. The van der Waals surface area contributed by atoms with Crippen molar-refractivity contribution in [3.05, 3.63) is 40.7 Å². The van der Waals surface area contributed by atoms with Crippen LogP contribution in [0.3, 0.4) is 0 Å². The van der Waals surface area contributed by atoms with Gasteiger partial charge in [-0.2, -0.15) is 5.26 Å². The van der Waals surface area contributed by atoms with Gasteiger partial charge < -0.3 is 5.73 Å². The fraction of sp³-hybridized carbons (Fsp3) is 0.214. The lowest BCUT2D eigenvalue weighted by Gasteiger charge is -2.08. The average Bonchev–Trinajstić information content (AvgIpc) is 2.38. The zero-order chi connectivity index (χ0) is 14.0. The third-order valence-corrected chi connectivity index (χ3v) is 3.94. The highest BCUT2D eigenvalue weighted by Gasteiger charge is 2.10. The maximum absolute atomic E-state index is 8.96. The molecule has 0 unspecified atom stereocenters. The molecule has 0 amide bonds. The van der Waals surface area contributed by atoms with Crippen LogP contribution in [0.25, 0.3) is 0 Å². The Kier molecular flexibility index (Phi) is 3.72. The summed E-state index contributed by atoms with van der Waals surface area (Å²) in [5, 5.41) is 9.62. The van der Waals surface area contributed by atoms with Gasteiger partial charge in [0.15, 0.2) is 5.16 Å². The minimum Gasteiger partial charge on any atom is -0.397 e. The zero-order valence-corrected chi connectivity index (χ0v) is 11.9. The Morgan fingerprint density at radius 2 is 1.79 bits per heavy atom. The SMILES string of the molecule is Cc1nc(Sc2cccc(C#N)c2N)nc(C)c1C. The summed E-state index contributed by atoms with van der Waals surface area (Å²) >= 11 is 1.38. The van der Waals surface area contributed by atoms with Crippen molar-refractivity contribution in [3.63, 3.8) is 0 Å². The largest absolute Gasteiger partial charge is 0.397 e. The topological polar surface area (TPSA) is 75.6 Å². The molecule has 2 aromatic rings. The van der Waals surface area contributed by atoms with Gasteiger partial charge in [-0.25, -0.2) is 9.97 Å². The molecule has 0 spiro atoms. The Hall–Kier alpha value is -2.06. The van der Waals surface area contributed by atoms with Gasteiger partial charge in [0.1, 0.15) is 6.07 Å². The van der Waals surface area contributed by atoms with Gasteiger partial charge in [0.25, 0.3) is 0 Å². The Bertz CT molecular complexity index is 651. The van der Waals surface area contributed by atoms with E-state index in [-0.39, 0.29) is 0 Å². The minimum absolute atomic E-state index is 0.477. The lowest BCUT2D eigenvalue weighted by Crippen LogP contribution is -1.99. The number of anilines is 1. The van der Waals surface area contributed by atoms with Crippen LogP contribution in [-0.4, -0.2) is 9.97 Å². The predicted octanol–water partition coefficient (Wildman–Crippen LogP) is 3.01. The van der Waals surface area contributed by atoms with Gasteiger partial charge in [-0.1, -0.05) is 6.07 Å². The van der Waals surface area contributed by atoms with Crippen LogP contribution < -0.4 is 5.73 Å². The second-order valence-corrected chi connectivity index (χ2v) is 5.24. The van der Waals surface area contributed by atoms with Crippen LogP contribution in [0.15, 0.2) is 28.3 Å². The molecule has 1 aromatic heterocycles. The molecule has 0 fully saturated rings. The molecule has 0 saturated heterocycles. The first-order chi connectivity index (χ1) is 9.02. The second kappa shape index (κ2) is 5.29. The average molecular weight is 270 g/mol. The maximum Gasteiger partial charge on any atom is 0.192 e. The standard InChI is InChI=1S/C14H14N4S/c1-8-9(2)17-14(18-10(8)3)19-12-6-4-5-11(7-15)13(12)16/h4-6H,16H2,1-3H3. The number of para-hydroxylation sites is 1. The molecule has 2 N–H and O–H groups in total. The molecule has 4 nitrogen and oxygen atoms in total. The van der Waals surface area contributed by atoms with Crippen LogP contribution in [0.1, 0.15) is 22.5 Å². The first-order valence-corrected chi connectivity index (χ1v) is 6.63. The Morgan fingerprint density at radius 3 is 2.37 bits per heavy atom. The summed E-state index contributed by atoms with van der Waals surface area (Å²) in [7, 11) is 0. The quantitative estimate of drug-likeness (QED) is 0.670. The fourth-order valence-electron chi connectivity index (χ4n) is 1.62. The molecule has 1 heterocycles. The molecule has 2 rings (SSSR count). The summed E-state index contributed by atoms with van der Waals surface area (Å²) in [5.41, 5.74) is 9.93. The van der Waals surface area contributed by atoms with Crippen LogP contribution >= 0.6 is 11.8 Å². The molecule has 0 aliphatic heterocycles. The van der Waals surface area contributed by atoms with E-state index in [9.17, 15) is 0 Å². The van der Waals surface area contributed by atoms with E-state index in [0.717, 1.165) is 21.8 Å². The highest BCUT2D eigenvalue weighted by Crippen LogP contribution is 2.32. The zero-order valence-electron chi connectivity index (χ0n) is 11.1. The third kappa shape index (κ3) is 2.69. The number of nitrogens with zero attached hydrogens (tertiary/aromatic N) is 3. The molecule has 5 heteroatoms. The fourth-order valence-corrected chi connectivity index (χ4v) is 2.54. The highest BCUT2D eigenvalue weighted by atomic mass is 32.2. The lowest BCUT2D eigenvalue weighted by molar-refractivity contribution is 0.881. The second-order valence-electron chi connectivity index (χ2n) is 4.23. The molecule has 0 aliphatic carbocycles. The van der Waals surface area contributed by atoms with Crippen molar-refractivity contribution in [3.8, 4) is 6.07 Å². The van der Waals surface area contributed by atoms with Crippen molar-refractivity contribution in [2.24, 2.45) is 0 Å². The first-order valence-electron chi connectivity index (χ1n) is 5.81. The number of benzene rings is 1. The lowest BCUT2D eigenvalue weighted by atomic mass is 10.2. The summed E-state index contributed by atoms with van der Waals surface area (Å²) < 4.78 is 0. The normalized spacial score (nSPS) is 10.2. The summed E-state index contributed by atoms with van der Waals surface area (Å²) in [5.74, 6) is 0. The molecule has 1 aromatic carbocycles. The van der Waals surface area contributed by atoms with Crippen molar-refractivity contribution in [2.75, 3.05) is 5.73 Å². The van der Waals surface area contributed by atoms with Gasteiger partial charge in [-0.15, -0.1) is 0 Å². The number of nitrogen functional groups attached to an aromatic ring is 1. The summed E-state index contributed by atoms with van der Waals surface area (Å²) in [6.07, 6.45) is 0. The number of nitrogens with two attached hydrogens (primary N) is 1. The van der Waals surface area contributed by atoms with E-state index in [1.807, 2.05) is 32.9 Å². The molecule has 0 saturated carbocycles. The number of rotatable bonds is 2. The summed E-state index contributed by atoms with van der Waals surface area (Å²) in [6, 6.07) is 7.45. The Labute approximate surface area is 116 Å². The van der Waals surface area contributed by atoms with E-state index in [1.54, 1.807) is 6.07 Å². The van der Waals surface area contributed by atoms with E-state index in [1.165, 1.54) is 11.8 Å². The van der Waals surface area contributed by atoms with Crippen LogP contribution in [0.5, 0.6) is 0 Å². The molecule has 19 heavy (non-hydrogen) atoms. The summed E-state index contributed by atoms with van der Waals surface area (Å²) in [6.45, 7) is 5.93. The van der Waals surface area contributed by atoms with Gasteiger partial charge in [-0.3, -0.25) is 0 Å². The Balaban J connectivity index is 2.40. The smallest absolute Gasteiger partial charge is 0.192 e. The van der Waals surface area contributed by atoms with Crippen LogP contribution in [0.4, 0.5) is 5.69 Å². The molecule has 96 valence electrons. The van der Waals surface area contributed by atoms with Crippen molar-refractivity contribution in [1.82, 2.24) is 9.97 Å². The van der Waals surface area contributed by atoms with E-state index in [4.69, 9.17) is 11.0 Å². The van der Waals surface area contributed by atoms with Gasteiger partial charge in [0, 0.05) is 16.3 Å². The van der Waals surface area contributed by atoms with Crippen molar-refractivity contribution in [2.45, 2.75) is 30.8 Å². The van der Waals surface area contributed by atoms with Gasteiger partial charge >= 0.3 is 0 Å². The van der Waals surface area contributed by atoms with Crippen molar-refractivity contribution < 1.29 is 0 Å². The number of hydrogen-bond donors (Lipinski definition) is 1. The van der Waals surface area contributed by atoms with E-state index in [0.29, 0.717) is 16.4 Å². The highest BCUT2D eigenvalue weighted by molar-refractivity contribution is 7.99. The third-order valence-electron chi connectivity index (χ3n) is 3.00. The monoisotopic (exact) mass is 270 g/mol. The van der Waals surface area contributed by atoms with Crippen LogP contribution in [0, 0.1) is 32.1 Å². The van der Waals surface area contributed by atoms with E-state index in [2.05, 4.69) is 16.0 Å². The van der Waals surface area contributed by atoms with E-state index >= 15 is 0 Å².